The van der Waals surface area contributed by atoms with Crippen molar-refractivity contribution >= 4 is 27.8 Å². The summed E-state index contributed by atoms with van der Waals surface area (Å²) in [5, 5.41) is -0.799. The molecule has 0 radical (unpaired) electrons. The predicted octanol–water partition coefficient (Wildman–Crippen LogP) is 16.3. The van der Waals surface area contributed by atoms with Gasteiger partial charge in [0, 0.05) is 30.7 Å². The highest BCUT2D eigenvalue weighted by Crippen LogP contribution is 2.57. The van der Waals surface area contributed by atoms with Crippen molar-refractivity contribution in [3.8, 4) is 44.5 Å². The Hall–Kier alpha value is -7.74. The third kappa shape index (κ3) is 5.63. The van der Waals surface area contributed by atoms with Crippen LogP contribution in [0.25, 0.3) is 55.3 Å². The van der Waals surface area contributed by atoms with Crippen molar-refractivity contribution in [3.63, 3.8) is 0 Å². The fraction of sp³-hybridized carbons (Fsp3) is 0.0645. The molecule has 0 fully saturated rings. The number of rotatable bonds is 7. The molecule has 0 saturated carbocycles. The molecule has 1 unspecified atom stereocenters. The van der Waals surface area contributed by atoms with E-state index in [1.54, 1.807) is 0 Å². The van der Waals surface area contributed by atoms with Crippen LogP contribution in [0.3, 0.4) is 0 Å². The van der Waals surface area contributed by atoms with Crippen LogP contribution in [0.5, 0.6) is 0 Å². The molecule has 0 aliphatic heterocycles. The van der Waals surface area contributed by atoms with Gasteiger partial charge >= 0.3 is 0 Å². The van der Waals surface area contributed by atoms with Crippen LogP contribution in [0.4, 0.5) is 17.1 Å². The fourth-order valence-corrected chi connectivity index (χ4v) is 8.71. The SMILES string of the molecule is [2H]c1ccc(C2(c3cc([2H])c([2H])c([2H])c3[2H])c3cc([2H])c([2H])c([2H])c3-c3c([2H])cc(-c4c(-c5ccc(N(c6cc7c(c([2H])c6[2H])-c6c([2H])c([2H])c([2H])c([2H])c6C7(C([2H])([2H])[2H])C([2H])([2H])[2H])c6c([2H])c([2H])c([2H])c([2H])c6[2H])cc5[2H])c([2H])cc5c([2H])c([2H])c([2H])c([2H])c45)c([2H])c32)cc1[2H]. The Morgan fingerprint density at radius 2 is 1.13 bits per heavy atom. The van der Waals surface area contributed by atoms with Gasteiger partial charge in [0.2, 0.25) is 0 Å². The predicted molar refractivity (Wildman–Crippen MR) is 264 cm³/mol. The molecule has 1 nitrogen and oxygen atoms in total. The van der Waals surface area contributed by atoms with Gasteiger partial charge in [-0.05, 0) is 131 Å². The Balaban J connectivity index is 1.22. The number of benzene rings is 10. The molecule has 0 heterocycles. The topological polar surface area (TPSA) is 3.24 Å². The molecule has 10 aromatic rings. The minimum absolute atomic E-state index is 0.107. The first-order valence-corrected chi connectivity index (χ1v) is 19.3. The first-order valence-electron chi connectivity index (χ1n) is 36.3. The summed E-state index contributed by atoms with van der Waals surface area (Å²) in [7, 11) is 0. The van der Waals surface area contributed by atoms with E-state index in [0.717, 1.165) is 59.5 Å². The van der Waals surface area contributed by atoms with Crippen molar-refractivity contribution in [2.45, 2.75) is 24.5 Å². The molecule has 0 spiro atoms. The molecule has 0 N–H and O–H groups in total. The van der Waals surface area contributed by atoms with E-state index in [0.29, 0.717) is 0 Å². The Kier molecular flexibility index (Phi) is 3.71. The zero-order valence-electron chi connectivity index (χ0n) is 66.3. The summed E-state index contributed by atoms with van der Waals surface area (Å²) < 4.78 is 311. The molecule has 0 aromatic heterocycles. The molecule has 12 rings (SSSR count). The molecule has 10 aromatic carbocycles. The zero-order chi connectivity index (χ0) is 71.5. The third-order valence-corrected chi connectivity index (χ3v) is 11.4. The fourth-order valence-electron chi connectivity index (χ4n) is 8.71. The minimum Gasteiger partial charge on any atom is -0.310 e. The molecule has 298 valence electrons. The van der Waals surface area contributed by atoms with Crippen LogP contribution in [0.2, 0.25) is 0 Å². The number of fused-ring (bicyclic) bond motifs is 7. The van der Waals surface area contributed by atoms with Gasteiger partial charge in [-0.25, -0.2) is 0 Å². The van der Waals surface area contributed by atoms with Crippen LogP contribution in [0, 0.1) is 0 Å². The largest absolute Gasteiger partial charge is 0.310 e. The van der Waals surface area contributed by atoms with E-state index in [9.17, 15) is 16.4 Å². The molecule has 63 heavy (non-hydrogen) atoms. The van der Waals surface area contributed by atoms with Gasteiger partial charge in [-0.15, -0.1) is 0 Å². The summed E-state index contributed by atoms with van der Waals surface area (Å²) >= 11 is 0. The van der Waals surface area contributed by atoms with Crippen LogP contribution >= 0.6 is 0 Å². The first-order chi connectivity index (χ1) is 45.1. The summed E-state index contributed by atoms with van der Waals surface area (Å²) in [6.07, 6.45) is 0. The maximum Gasteiger partial charge on any atom is 0.0713 e. The Labute approximate surface area is 418 Å². The van der Waals surface area contributed by atoms with Crippen molar-refractivity contribution in [2.24, 2.45) is 0 Å². The number of hydrogen-bond donors (Lipinski definition) is 0. The zero-order valence-corrected chi connectivity index (χ0v) is 32.3. The second-order valence-electron chi connectivity index (χ2n) is 14.6. The van der Waals surface area contributed by atoms with E-state index < -0.39 is 255 Å². The number of anilines is 3. The number of para-hydroxylation sites is 1. The van der Waals surface area contributed by atoms with E-state index in [2.05, 4.69) is 0 Å². The molecule has 0 saturated heterocycles. The average Bonchev–Trinajstić information content (AvgIpc) is 1.53. The van der Waals surface area contributed by atoms with Crippen LogP contribution < -0.4 is 4.90 Å². The highest BCUT2D eigenvalue weighted by Gasteiger charge is 2.46. The second-order valence-corrected chi connectivity index (χ2v) is 14.6. The lowest BCUT2D eigenvalue weighted by molar-refractivity contribution is 0.660. The van der Waals surface area contributed by atoms with Crippen molar-refractivity contribution in [3.05, 3.63) is 269 Å². The Bertz CT molecular complexity index is 5220. The van der Waals surface area contributed by atoms with Crippen molar-refractivity contribution in [2.75, 3.05) is 4.90 Å². The van der Waals surface area contributed by atoms with E-state index in [1.165, 1.54) is 12.1 Å². The minimum atomic E-state index is -3.80. The first kappa shape index (κ1) is 16.2. The third-order valence-electron chi connectivity index (χ3n) is 11.4. The molecule has 0 amide bonds. The lowest BCUT2D eigenvalue weighted by Gasteiger charge is -2.34. The number of hydrogen-bond acceptors (Lipinski definition) is 1. The average molecular weight is 838 g/mol. The van der Waals surface area contributed by atoms with Crippen molar-refractivity contribution < 1.29 is 46.6 Å². The van der Waals surface area contributed by atoms with Gasteiger partial charge in [0.15, 0.2) is 0 Å². The second kappa shape index (κ2) is 14.4. The molecule has 1 heteroatoms. The lowest BCUT2D eigenvalue weighted by Crippen LogP contribution is -2.28. The smallest absolute Gasteiger partial charge is 0.0713 e. The standard InChI is InChI=1S/C62H45N/c1-61(2)56-28-16-14-26-52(56)54-39-36-49(41-58(54)61)63(47-23-10-5-11-24-47)48-34-30-43(31-35-48)51-37-32-42-18-12-13-25-50(42)60(51)44-33-38-55-53-27-15-17-29-57(53)62(59(55)40-44,45-19-6-3-7-20-45)46-21-8-4-9-22-46/h3-41H,1-2H3/i1D3,2D3,3D,4D,5D,6D,7D,8D,10D,11D,12D,13D,14D,15D,16D,17D,18D,19D,23D,24D,25D,26D,27D,28D,30D,36D,37D,38D,39D,40D. The van der Waals surface area contributed by atoms with Crippen LogP contribution in [-0.2, 0) is 10.8 Å². The van der Waals surface area contributed by atoms with Gasteiger partial charge in [-0.1, -0.05) is 207 Å². The van der Waals surface area contributed by atoms with Gasteiger partial charge in [0.25, 0.3) is 0 Å². The normalized spacial score (nSPS) is 23.4. The number of nitrogens with zero attached hydrogens (tertiary/aromatic N) is 1. The van der Waals surface area contributed by atoms with Crippen molar-refractivity contribution in [1.82, 2.24) is 0 Å². The Morgan fingerprint density at radius 1 is 0.413 bits per heavy atom. The van der Waals surface area contributed by atoms with Gasteiger partial charge in [0.1, 0.15) is 0 Å². The van der Waals surface area contributed by atoms with Crippen LogP contribution in [0.15, 0.2) is 236 Å². The summed E-state index contributed by atoms with van der Waals surface area (Å²) in [6.45, 7) is -7.59. The van der Waals surface area contributed by atoms with Crippen molar-refractivity contribution in [1.29, 1.82) is 0 Å². The molecule has 2 aliphatic rings. The summed E-state index contributed by atoms with van der Waals surface area (Å²) in [5.74, 6) is 0. The van der Waals surface area contributed by atoms with E-state index >= 15 is 0 Å². The van der Waals surface area contributed by atoms with Crippen LogP contribution in [0.1, 0.15) is 93.7 Å². The van der Waals surface area contributed by atoms with Gasteiger partial charge in [-0.2, -0.15) is 0 Å². The highest BCUT2D eigenvalue weighted by atomic mass is 15.1. The summed E-state index contributed by atoms with van der Waals surface area (Å²) in [5.41, 5.74) is -14.7. The Morgan fingerprint density at radius 3 is 2.02 bits per heavy atom. The van der Waals surface area contributed by atoms with E-state index in [-0.39, 0.29) is 44.8 Å². The summed E-state index contributed by atoms with van der Waals surface area (Å²) in [6, 6.07) is -11.0. The molecular weight excluding hydrogens is 759 g/mol. The monoisotopic (exact) mass is 838 g/mol. The molecule has 0 bridgehead atoms. The van der Waals surface area contributed by atoms with Crippen LogP contribution in [-0.4, -0.2) is 0 Å². The van der Waals surface area contributed by atoms with Gasteiger partial charge < -0.3 is 4.90 Å². The highest BCUT2D eigenvalue weighted by molar-refractivity contribution is 6.05. The van der Waals surface area contributed by atoms with E-state index in [1.807, 2.05) is 0 Å². The van der Waals surface area contributed by atoms with E-state index in [4.69, 9.17) is 30.2 Å². The molecular formula is C62H45N. The maximum absolute atomic E-state index is 10.7. The summed E-state index contributed by atoms with van der Waals surface area (Å²) in [4.78, 5) is 0.731. The molecule has 2 aliphatic carbocycles. The maximum atomic E-state index is 10.7. The van der Waals surface area contributed by atoms with Gasteiger partial charge in [-0.3, -0.25) is 0 Å². The van der Waals surface area contributed by atoms with Gasteiger partial charge in [0.05, 0.1) is 43.8 Å². The molecule has 1 atom stereocenters. The lowest BCUT2D eigenvalue weighted by atomic mass is 9.67. The quantitative estimate of drug-likeness (QED) is 0.155.